The van der Waals surface area contributed by atoms with Crippen molar-refractivity contribution >= 4 is 0 Å². The summed E-state index contributed by atoms with van der Waals surface area (Å²) >= 11 is 0. The first-order chi connectivity index (χ1) is 11.3. The molecular weight excluding hydrogens is 288 g/mol. The van der Waals surface area contributed by atoms with Gasteiger partial charge < -0.3 is 0 Å². The van der Waals surface area contributed by atoms with Crippen molar-refractivity contribution in [3.8, 4) is 0 Å². The van der Waals surface area contributed by atoms with Gasteiger partial charge in [-0.15, -0.1) is 0 Å². The third-order valence-corrected chi connectivity index (χ3v) is 5.60. The van der Waals surface area contributed by atoms with Crippen LogP contribution in [0.1, 0.15) is 93.4 Å². The zero-order valence-electron chi connectivity index (χ0n) is 17.7. The molecule has 3 atom stereocenters. The first-order valence-electron chi connectivity index (χ1n) is 10.3. The van der Waals surface area contributed by atoms with Gasteiger partial charge in [-0.2, -0.15) is 0 Å². The van der Waals surface area contributed by atoms with Crippen molar-refractivity contribution in [3.63, 3.8) is 0 Å². The lowest BCUT2D eigenvalue weighted by molar-refractivity contribution is 0.277. The van der Waals surface area contributed by atoms with Gasteiger partial charge in [-0.3, -0.25) is 0 Å². The molecule has 0 fully saturated rings. The highest BCUT2D eigenvalue weighted by Gasteiger charge is 2.15. The van der Waals surface area contributed by atoms with E-state index in [1.54, 1.807) is 5.57 Å². The molecule has 0 aromatic rings. The Morgan fingerprint density at radius 2 is 1.71 bits per heavy atom. The van der Waals surface area contributed by atoms with Crippen LogP contribution in [0.4, 0.5) is 0 Å². The summed E-state index contributed by atoms with van der Waals surface area (Å²) in [5.74, 6) is 2.99. The van der Waals surface area contributed by atoms with Crippen molar-refractivity contribution < 1.29 is 0 Å². The maximum atomic E-state index is 4.32. The zero-order chi connectivity index (χ0) is 18.5. The molecule has 0 saturated heterocycles. The van der Waals surface area contributed by atoms with Crippen molar-refractivity contribution in [1.29, 1.82) is 0 Å². The predicted molar refractivity (Wildman–Crippen MR) is 112 cm³/mol. The Kier molecular flexibility index (Phi) is 13.1. The van der Waals surface area contributed by atoms with Gasteiger partial charge >= 0.3 is 0 Å². The maximum Gasteiger partial charge on any atom is 0.000863 e. The number of hydrogen-bond acceptors (Lipinski definition) is 0. The summed E-state index contributed by atoms with van der Waals surface area (Å²) in [5.41, 5.74) is 2.95. The van der Waals surface area contributed by atoms with Crippen LogP contribution in [-0.2, 0) is 0 Å². The molecule has 0 aromatic carbocycles. The van der Waals surface area contributed by atoms with Crippen molar-refractivity contribution in [3.05, 3.63) is 36.0 Å². The Bertz CT molecular complexity index is 383. The standard InChI is InChI=1S/C24H44/c1-9-11-16-24(22(7)13-10-2)18-17-20(5)14-12-15-21(6)23(8)19(3)4/h11,16-17,19,21,23-24H,7,9-10,12-15,18H2,1-6,8H3. The van der Waals surface area contributed by atoms with Crippen LogP contribution in [0.5, 0.6) is 0 Å². The average molecular weight is 333 g/mol. The summed E-state index contributed by atoms with van der Waals surface area (Å²) in [5, 5.41) is 0. The molecule has 0 bridgehead atoms. The molecule has 0 nitrogen and oxygen atoms in total. The first-order valence-corrected chi connectivity index (χ1v) is 10.3. The summed E-state index contributed by atoms with van der Waals surface area (Å²) < 4.78 is 0. The zero-order valence-corrected chi connectivity index (χ0v) is 17.7. The lowest BCUT2D eigenvalue weighted by atomic mass is 9.83. The largest absolute Gasteiger partial charge is 0.0993 e. The lowest BCUT2D eigenvalue weighted by Crippen LogP contribution is -2.14. The summed E-state index contributed by atoms with van der Waals surface area (Å²) in [4.78, 5) is 0. The maximum absolute atomic E-state index is 4.32. The highest BCUT2D eigenvalue weighted by Crippen LogP contribution is 2.26. The summed E-state index contributed by atoms with van der Waals surface area (Å²) in [6.07, 6.45) is 15.6. The van der Waals surface area contributed by atoms with Gasteiger partial charge in [0, 0.05) is 5.92 Å². The van der Waals surface area contributed by atoms with E-state index >= 15 is 0 Å². The molecule has 0 saturated carbocycles. The summed E-state index contributed by atoms with van der Waals surface area (Å²) in [7, 11) is 0. The topological polar surface area (TPSA) is 0 Å². The fourth-order valence-corrected chi connectivity index (χ4v) is 3.24. The Labute approximate surface area is 153 Å². The molecule has 0 heterocycles. The molecule has 0 aliphatic heterocycles. The summed E-state index contributed by atoms with van der Waals surface area (Å²) in [6.45, 7) is 20.6. The molecule has 3 unspecified atom stereocenters. The molecule has 140 valence electrons. The third kappa shape index (κ3) is 10.2. The molecule has 0 aromatic heterocycles. The third-order valence-electron chi connectivity index (χ3n) is 5.60. The molecule has 0 aliphatic carbocycles. The molecule has 0 heteroatoms. The van der Waals surface area contributed by atoms with Crippen LogP contribution < -0.4 is 0 Å². The van der Waals surface area contributed by atoms with Gasteiger partial charge in [-0.05, 0) is 56.8 Å². The van der Waals surface area contributed by atoms with Crippen LogP contribution in [0.15, 0.2) is 36.0 Å². The quantitative estimate of drug-likeness (QED) is 0.297. The molecule has 0 N–H and O–H groups in total. The fraction of sp³-hybridized carbons (Fsp3) is 0.750. The second-order valence-corrected chi connectivity index (χ2v) is 8.11. The Hall–Kier alpha value is -0.780. The highest BCUT2D eigenvalue weighted by atomic mass is 14.2. The Morgan fingerprint density at radius 1 is 1.04 bits per heavy atom. The average Bonchev–Trinajstić information content (AvgIpc) is 2.54. The van der Waals surface area contributed by atoms with Gasteiger partial charge in [-0.1, -0.05) is 90.3 Å². The highest BCUT2D eigenvalue weighted by molar-refractivity contribution is 5.13. The minimum atomic E-state index is 0.528. The van der Waals surface area contributed by atoms with E-state index in [9.17, 15) is 0 Å². The SMILES string of the molecule is C=C(CCC)C(C=CCC)CC=C(C)CCCC(C)C(C)C(C)C. The Balaban J connectivity index is 4.39. The van der Waals surface area contributed by atoms with Crippen LogP contribution in [-0.4, -0.2) is 0 Å². The van der Waals surface area contributed by atoms with Crippen molar-refractivity contribution in [2.24, 2.45) is 23.7 Å². The van der Waals surface area contributed by atoms with Crippen molar-refractivity contribution in [1.82, 2.24) is 0 Å². The van der Waals surface area contributed by atoms with Gasteiger partial charge in [-0.25, -0.2) is 0 Å². The van der Waals surface area contributed by atoms with E-state index in [1.807, 2.05) is 0 Å². The normalized spacial score (nSPS) is 16.6. The van der Waals surface area contributed by atoms with Crippen molar-refractivity contribution in [2.75, 3.05) is 0 Å². The lowest BCUT2D eigenvalue weighted by Gasteiger charge is -2.23. The number of hydrogen-bond donors (Lipinski definition) is 0. The van der Waals surface area contributed by atoms with Gasteiger partial charge in [0.1, 0.15) is 0 Å². The summed E-state index contributed by atoms with van der Waals surface area (Å²) in [6, 6.07) is 0. The van der Waals surface area contributed by atoms with E-state index in [2.05, 4.69) is 73.3 Å². The van der Waals surface area contributed by atoms with Gasteiger partial charge in [0.05, 0.1) is 0 Å². The Morgan fingerprint density at radius 3 is 2.25 bits per heavy atom. The minimum Gasteiger partial charge on any atom is -0.0993 e. The van der Waals surface area contributed by atoms with E-state index in [4.69, 9.17) is 0 Å². The molecular formula is C24H44. The second-order valence-electron chi connectivity index (χ2n) is 8.11. The van der Waals surface area contributed by atoms with E-state index in [-0.39, 0.29) is 0 Å². The first kappa shape index (κ1) is 23.2. The van der Waals surface area contributed by atoms with Gasteiger partial charge in [0.15, 0.2) is 0 Å². The monoisotopic (exact) mass is 332 g/mol. The molecule has 0 aliphatic rings. The predicted octanol–water partition coefficient (Wildman–Crippen LogP) is 8.36. The van der Waals surface area contributed by atoms with Crippen LogP contribution in [0, 0.1) is 23.7 Å². The number of allylic oxidation sites excluding steroid dienone is 5. The molecule has 24 heavy (non-hydrogen) atoms. The van der Waals surface area contributed by atoms with E-state index in [1.165, 1.54) is 31.3 Å². The smallest absolute Gasteiger partial charge is 0.000863 e. The van der Waals surface area contributed by atoms with Crippen molar-refractivity contribution in [2.45, 2.75) is 93.4 Å². The minimum absolute atomic E-state index is 0.528. The molecule has 0 spiro atoms. The van der Waals surface area contributed by atoms with Gasteiger partial charge in [0.2, 0.25) is 0 Å². The second kappa shape index (κ2) is 13.5. The van der Waals surface area contributed by atoms with Crippen LogP contribution in [0.2, 0.25) is 0 Å². The van der Waals surface area contributed by atoms with E-state index in [0.29, 0.717) is 5.92 Å². The van der Waals surface area contributed by atoms with Crippen LogP contribution >= 0.6 is 0 Å². The van der Waals surface area contributed by atoms with E-state index < -0.39 is 0 Å². The number of rotatable bonds is 13. The molecule has 0 amide bonds. The fourth-order valence-electron chi connectivity index (χ4n) is 3.24. The van der Waals surface area contributed by atoms with Crippen LogP contribution in [0.25, 0.3) is 0 Å². The van der Waals surface area contributed by atoms with E-state index in [0.717, 1.165) is 37.0 Å². The van der Waals surface area contributed by atoms with Gasteiger partial charge in [0.25, 0.3) is 0 Å². The molecule has 0 rings (SSSR count). The molecule has 0 radical (unpaired) electrons. The van der Waals surface area contributed by atoms with Crippen LogP contribution in [0.3, 0.4) is 0 Å².